The summed E-state index contributed by atoms with van der Waals surface area (Å²) < 4.78 is 0. The van der Waals surface area contributed by atoms with Gasteiger partial charge in [0.05, 0.1) is 16.9 Å². The maximum Gasteiger partial charge on any atom is 0.0968 e. The zero-order valence-corrected chi connectivity index (χ0v) is 12.0. The van der Waals surface area contributed by atoms with E-state index < -0.39 is 0 Å². The SMILES string of the molecule is C=C/C=N\C(=C/C)c1nc2ccccc2c2ccccc12. The minimum atomic E-state index is 0.858. The standard InChI is InChI=1S/C19H16N2/c1-3-13-20-17(4-2)19-16-11-6-5-9-14(16)15-10-7-8-12-18(15)21-19/h3-13H,1H2,2H3/b17-4-,20-13-. The van der Waals surface area contributed by atoms with Crippen molar-refractivity contribution in [3.05, 3.63) is 73.0 Å². The number of pyridine rings is 1. The van der Waals surface area contributed by atoms with Crippen molar-refractivity contribution in [3.8, 4) is 0 Å². The maximum atomic E-state index is 4.81. The van der Waals surface area contributed by atoms with Crippen molar-refractivity contribution >= 4 is 33.6 Å². The van der Waals surface area contributed by atoms with Gasteiger partial charge in [-0.15, -0.1) is 0 Å². The molecule has 2 heteroatoms. The Balaban J connectivity index is 2.40. The van der Waals surface area contributed by atoms with Crippen LogP contribution < -0.4 is 0 Å². The number of aromatic nitrogens is 1. The molecule has 0 saturated carbocycles. The minimum Gasteiger partial charge on any atom is -0.255 e. The number of para-hydroxylation sites is 1. The molecule has 0 saturated heterocycles. The summed E-state index contributed by atoms with van der Waals surface area (Å²) in [4.78, 5) is 9.25. The zero-order valence-electron chi connectivity index (χ0n) is 12.0. The van der Waals surface area contributed by atoms with Crippen LogP contribution in [0.15, 0.2) is 72.3 Å². The molecule has 3 rings (SSSR count). The third-order valence-corrected chi connectivity index (χ3v) is 3.44. The summed E-state index contributed by atoms with van der Waals surface area (Å²) >= 11 is 0. The van der Waals surface area contributed by atoms with Gasteiger partial charge >= 0.3 is 0 Å². The second-order valence-corrected chi connectivity index (χ2v) is 4.71. The molecule has 0 unspecified atom stereocenters. The molecule has 1 aromatic heterocycles. The fourth-order valence-corrected chi connectivity index (χ4v) is 2.50. The first-order chi connectivity index (χ1) is 10.3. The van der Waals surface area contributed by atoms with Crippen LogP contribution in [0.25, 0.3) is 27.4 Å². The molecular formula is C19H16N2. The maximum absolute atomic E-state index is 4.81. The number of rotatable bonds is 3. The Hall–Kier alpha value is -2.74. The second kappa shape index (κ2) is 5.71. The summed E-state index contributed by atoms with van der Waals surface area (Å²) in [6, 6.07) is 16.5. The van der Waals surface area contributed by atoms with E-state index in [1.54, 1.807) is 12.3 Å². The molecule has 0 N–H and O–H groups in total. The number of fused-ring (bicyclic) bond motifs is 3. The van der Waals surface area contributed by atoms with Crippen LogP contribution in [0.5, 0.6) is 0 Å². The fraction of sp³-hybridized carbons (Fsp3) is 0.0526. The lowest BCUT2D eigenvalue weighted by molar-refractivity contribution is 1.34. The van der Waals surface area contributed by atoms with Gasteiger partial charge in [-0.2, -0.15) is 0 Å². The summed E-state index contributed by atoms with van der Waals surface area (Å²) in [6.07, 6.45) is 5.34. The van der Waals surface area contributed by atoms with E-state index in [-0.39, 0.29) is 0 Å². The highest BCUT2D eigenvalue weighted by Crippen LogP contribution is 2.30. The van der Waals surface area contributed by atoms with Crippen molar-refractivity contribution in [2.75, 3.05) is 0 Å². The van der Waals surface area contributed by atoms with E-state index in [1.165, 1.54) is 10.8 Å². The average molecular weight is 272 g/mol. The van der Waals surface area contributed by atoms with E-state index in [0.29, 0.717) is 0 Å². The van der Waals surface area contributed by atoms with Gasteiger partial charge in [0.25, 0.3) is 0 Å². The first-order valence-corrected chi connectivity index (χ1v) is 6.94. The number of nitrogens with zero attached hydrogens (tertiary/aromatic N) is 2. The molecule has 0 amide bonds. The Bertz CT molecular complexity index is 873. The molecule has 0 aliphatic heterocycles. The number of benzene rings is 2. The lowest BCUT2D eigenvalue weighted by Crippen LogP contribution is -1.92. The van der Waals surface area contributed by atoms with Gasteiger partial charge in [-0.1, -0.05) is 61.2 Å². The molecule has 102 valence electrons. The molecule has 0 atom stereocenters. The summed E-state index contributed by atoms with van der Waals surface area (Å²) in [5.41, 5.74) is 2.75. The van der Waals surface area contributed by atoms with Crippen molar-refractivity contribution in [1.29, 1.82) is 0 Å². The molecule has 2 aromatic carbocycles. The smallest absolute Gasteiger partial charge is 0.0968 e. The number of aliphatic imine (C=N–C) groups is 1. The van der Waals surface area contributed by atoms with Crippen molar-refractivity contribution in [1.82, 2.24) is 4.98 Å². The zero-order chi connectivity index (χ0) is 14.7. The van der Waals surface area contributed by atoms with Crippen LogP contribution in [0.4, 0.5) is 0 Å². The molecule has 21 heavy (non-hydrogen) atoms. The molecule has 0 fully saturated rings. The third kappa shape index (κ3) is 2.36. The Kier molecular flexibility index (Phi) is 3.61. The van der Waals surface area contributed by atoms with Crippen molar-refractivity contribution in [2.45, 2.75) is 6.92 Å². The fourth-order valence-electron chi connectivity index (χ4n) is 2.50. The minimum absolute atomic E-state index is 0.858. The summed E-state index contributed by atoms with van der Waals surface area (Å²) in [5.74, 6) is 0. The van der Waals surface area contributed by atoms with Crippen molar-refractivity contribution in [2.24, 2.45) is 4.99 Å². The van der Waals surface area contributed by atoms with E-state index in [1.807, 2.05) is 37.3 Å². The van der Waals surface area contributed by atoms with Crippen molar-refractivity contribution in [3.63, 3.8) is 0 Å². The normalized spacial score (nSPS) is 12.3. The first kappa shape index (κ1) is 13.3. The van der Waals surface area contributed by atoms with Gasteiger partial charge in [-0.05, 0) is 18.4 Å². The lowest BCUT2D eigenvalue weighted by Gasteiger charge is -2.09. The number of hydrogen-bond acceptors (Lipinski definition) is 2. The van der Waals surface area contributed by atoms with E-state index in [9.17, 15) is 0 Å². The lowest BCUT2D eigenvalue weighted by atomic mass is 10.0. The van der Waals surface area contributed by atoms with E-state index in [2.05, 4.69) is 35.8 Å². The van der Waals surface area contributed by atoms with Gasteiger partial charge < -0.3 is 0 Å². The summed E-state index contributed by atoms with van der Waals surface area (Å²) in [5, 5.41) is 3.48. The Labute approximate surface area is 124 Å². The molecular weight excluding hydrogens is 256 g/mol. The van der Waals surface area contributed by atoms with Gasteiger partial charge in [-0.25, -0.2) is 4.98 Å². The van der Waals surface area contributed by atoms with Gasteiger partial charge in [0, 0.05) is 17.0 Å². The Morgan fingerprint density at radius 3 is 2.38 bits per heavy atom. The Morgan fingerprint density at radius 2 is 1.67 bits per heavy atom. The molecule has 3 aromatic rings. The molecule has 0 radical (unpaired) electrons. The topological polar surface area (TPSA) is 25.2 Å². The highest BCUT2D eigenvalue weighted by molar-refractivity contribution is 6.09. The average Bonchev–Trinajstić information content (AvgIpc) is 2.55. The molecule has 2 nitrogen and oxygen atoms in total. The number of allylic oxidation sites excluding steroid dienone is 2. The van der Waals surface area contributed by atoms with Crippen molar-refractivity contribution < 1.29 is 0 Å². The predicted octanol–water partition coefficient (Wildman–Crippen LogP) is 5.01. The molecule has 0 aliphatic rings. The third-order valence-electron chi connectivity index (χ3n) is 3.44. The van der Waals surface area contributed by atoms with Gasteiger partial charge in [0.1, 0.15) is 0 Å². The molecule has 0 spiro atoms. The predicted molar refractivity (Wildman–Crippen MR) is 91.6 cm³/mol. The molecule has 0 bridgehead atoms. The van der Waals surface area contributed by atoms with Crippen LogP contribution >= 0.6 is 0 Å². The second-order valence-electron chi connectivity index (χ2n) is 4.71. The van der Waals surface area contributed by atoms with Crippen LogP contribution in [-0.2, 0) is 0 Å². The quantitative estimate of drug-likeness (QED) is 0.486. The number of hydrogen-bond donors (Lipinski definition) is 0. The first-order valence-electron chi connectivity index (χ1n) is 6.94. The van der Waals surface area contributed by atoms with Crippen LogP contribution in [-0.4, -0.2) is 11.2 Å². The highest BCUT2D eigenvalue weighted by atomic mass is 14.8. The van der Waals surface area contributed by atoms with Crippen LogP contribution in [0.3, 0.4) is 0 Å². The van der Waals surface area contributed by atoms with Gasteiger partial charge in [0.2, 0.25) is 0 Å². The van der Waals surface area contributed by atoms with Gasteiger partial charge in [0.15, 0.2) is 0 Å². The summed E-state index contributed by atoms with van der Waals surface area (Å²) in [7, 11) is 0. The largest absolute Gasteiger partial charge is 0.255 e. The van der Waals surface area contributed by atoms with Crippen LogP contribution in [0.2, 0.25) is 0 Å². The van der Waals surface area contributed by atoms with E-state index >= 15 is 0 Å². The monoisotopic (exact) mass is 272 g/mol. The van der Waals surface area contributed by atoms with Crippen LogP contribution in [0, 0.1) is 0 Å². The summed E-state index contributed by atoms with van der Waals surface area (Å²) in [6.45, 7) is 5.65. The molecule has 1 heterocycles. The van der Waals surface area contributed by atoms with Crippen LogP contribution in [0.1, 0.15) is 12.6 Å². The van der Waals surface area contributed by atoms with E-state index in [0.717, 1.165) is 22.3 Å². The highest BCUT2D eigenvalue weighted by Gasteiger charge is 2.10. The Morgan fingerprint density at radius 1 is 1.00 bits per heavy atom. The molecule has 0 aliphatic carbocycles. The van der Waals surface area contributed by atoms with Gasteiger partial charge in [-0.3, -0.25) is 4.99 Å². The van der Waals surface area contributed by atoms with E-state index in [4.69, 9.17) is 4.98 Å².